The van der Waals surface area contributed by atoms with E-state index in [1.807, 2.05) is 24.3 Å². The number of hydrogen-bond acceptors (Lipinski definition) is 2. The Balaban J connectivity index is 1.91. The average molecular weight is 363 g/mol. The second kappa shape index (κ2) is 8.88. The Kier molecular flexibility index (Phi) is 6.85. The number of nitrogens with one attached hydrogen (secondary N) is 1. The molecule has 5 heteroatoms. The minimum atomic E-state index is -0.192. The highest BCUT2D eigenvalue weighted by Crippen LogP contribution is 2.23. The molecular weight excluding hydrogens is 343 g/mol. The molecule has 2 aromatic rings. The molecule has 0 atom stereocenters. The van der Waals surface area contributed by atoms with E-state index in [0.717, 1.165) is 24.2 Å². The zero-order valence-corrected chi connectivity index (χ0v) is 15.2. The number of nitrogens with zero attached hydrogens (tertiary/aromatic N) is 1. The van der Waals surface area contributed by atoms with Crippen molar-refractivity contribution < 1.29 is 4.79 Å². The zero-order valence-electron chi connectivity index (χ0n) is 13.7. The molecule has 0 unspecified atom stereocenters. The molecular formula is C19H20Cl2N2O. The van der Waals surface area contributed by atoms with Crippen molar-refractivity contribution in [3.05, 3.63) is 69.7 Å². The Morgan fingerprint density at radius 1 is 1.08 bits per heavy atom. The van der Waals surface area contributed by atoms with Crippen molar-refractivity contribution in [2.45, 2.75) is 6.42 Å². The van der Waals surface area contributed by atoms with Crippen LogP contribution in [0.25, 0.3) is 6.08 Å². The van der Waals surface area contributed by atoms with Gasteiger partial charge in [0.05, 0.1) is 10.0 Å². The summed E-state index contributed by atoms with van der Waals surface area (Å²) >= 11 is 11.8. The number of rotatable bonds is 6. The average Bonchev–Trinajstić information content (AvgIpc) is 2.55. The smallest absolute Gasteiger partial charge is 0.248 e. The summed E-state index contributed by atoms with van der Waals surface area (Å²) in [5.41, 5.74) is 2.83. The Bertz CT molecular complexity index is 725. The topological polar surface area (TPSA) is 32.3 Å². The first-order valence-corrected chi connectivity index (χ1v) is 8.37. The van der Waals surface area contributed by atoms with Crippen molar-refractivity contribution in [1.82, 2.24) is 4.90 Å². The lowest BCUT2D eigenvalue weighted by atomic mass is 10.1. The van der Waals surface area contributed by atoms with Crippen LogP contribution in [0.15, 0.2) is 48.5 Å². The van der Waals surface area contributed by atoms with Crippen LogP contribution in [0.2, 0.25) is 10.0 Å². The molecule has 1 N–H and O–H groups in total. The minimum absolute atomic E-state index is 0.192. The van der Waals surface area contributed by atoms with Crippen molar-refractivity contribution in [2.75, 3.05) is 26.0 Å². The van der Waals surface area contributed by atoms with Crippen molar-refractivity contribution in [1.29, 1.82) is 0 Å². The molecule has 0 saturated heterocycles. The molecule has 126 valence electrons. The van der Waals surface area contributed by atoms with Gasteiger partial charge >= 0.3 is 0 Å². The summed E-state index contributed by atoms with van der Waals surface area (Å²) in [5, 5.41) is 3.79. The van der Waals surface area contributed by atoms with Gasteiger partial charge in [0, 0.05) is 18.3 Å². The van der Waals surface area contributed by atoms with Crippen LogP contribution in [-0.4, -0.2) is 31.4 Å². The van der Waals surface area contributed by atoms with Gasteiger partial charge in [-0.2, -0.15) is 0 Å². The lowest BCUT2D eigenvalue weighted by Crippen LogP contribution is -2.15. The van der Waals surface area contributed by atoms with E-state index in [0.29, 0.717) is 10.0 Å². The number of carbonyl (C=O) groups excluding carboxylic acids is 1. The van der Waals surface area contributed by atoms with Gasteiger partial charge in [-0.3, -0.25) is 4.79 Å². The van der Waals surface area contributed by atoms with E-state index in [-0.39, 0.29) is 5.91 Å². The van der Waals surface area contributed by atoms with Crippen LogP contribution in [0.4, 0.5) is 5.69 Å². The monoisotopic (exact) mass is 362 g/mol. The van der Waals surface area contributed by atoms with E-state index in [1.54, 1.807) is 24.3 Å². The molecule has 0 radical (unpaired) electrons. The predicted octanol–water partition coefficient (Wildman–Crippen LogP) is 4.75. The summed E-state index contributed by atoms with van der Waals surface area (Å²) in [6, 6.07) is 13.1. The maximum Gasteiger partial charge on any atom is 0.248 e. The molecule has 0 aliphatic heterocycles. The maximum atomic E-state index is 12.0. The zero-order chi connectivity index (χ0) is 17.5. The first-order valence-electron chi connectivity index (χ1n) is 7.62. The summed E-state index contributed by atoms with van der Waals surface area (Å²) < 4.78 is 0. The van der Waals surface area contributed by atoms with Crippen LogP contribution in [-0.2, 0) is 11.2 Å². The molecule has 0 spiro atoms. The van der Waals surface area contributed by atoms with Crippen LogP contribution in [0, 0.1) is 0 Å². The lowest BCUT2D eigenvalue weighted by Gasteiger charge is -2.09. The fourth-order valence-electron chi connectivity index (χ4n) is 2.08. The Morgan fingerprint density at radius 2 is 1.79 bits per heavy atom. The van der Waals surface area contributed by atoms with Crippen LogP contribution in [0.1, 0.15) is 11.1 Å². The number of amides is 1. The molecule has 0 aliphatic carbocycles. The molecule has 0 saturated carbocycles. The highest BCUT2D eigenvalue weighted by Gasteiger charge is 2.01. The molecule has 24 heavy (non-hydrogen) atoms. The molecule has 0 aromatic heterocycles. The Morgan fingerprint density at radius 3 is 2.42 bits per heavy atom. The van der Waals surface area contributed by atoms with Crippen molar-refractivity contribution in [3.8, 4) is 0 Å². The Hall–Kier alpha value is -1.81. The van der Waals surface area contributed by atoms with Gasteiger partial charge in [0.25, 0.3) is 0 Å². The number of likely N-dealkylation sites (N-methyl/N-ethyl adjacent to an activating group) is 1. The maximum absolute atomic E-state index is 12.0. The molecule has 2 aromatic carbocycles. The highest BCUT2D eigenvalue weighted by atomic mass is 35.5. The van der Waals surface area contributed by atoms with Crippen LogP contribution >= 0.6 is 23.2 Å². The van der Waals surface area contributed by atoms with Crippen molar-refractivity contribution >= 4 is 40.9 Å². The van der Waals surface area contributed by atoms with E-state index >= 15 is 0 Å². The first kappa shape index (κ1) is 18.5. The summed E-state index contributed by atoms with van der Waals surface area (Å²) in [6.07, 6.45) is 4.15. The second-order valence-electron chi connectivity index (χ2n) is 5.75. The van der Waals surface area contributed by atoms with E-state index in [2.05, 4.69) is 24.3 Å². The number of benzene rings is 2. The first-order chi connectivity index (χ1) is 11.4. The predicted molar refractivity (Wildman–Crippen MR) is 103 cm³/mol. The molecule has 0 aliphatic rings. The normalized spacial score (nSPS) is 11.2. The summed E-state index contributed by atoms with van der Waals surface area (Å²) in [7, 11) is 4.10. The molecule has 2 rings (SSSR count). The van der Waals surface area contributed by atoms with Crippen LogP contribution in [0.5, 0.6) is 0 Å². The van der Waals surface area contributed by atoms with E-state index in [9.17, 15) is 4.79 Å². The van der Waals surface area contributed by atoms with Gasteiger partial charge in [0.15, 0.2) is 0 Å². The third-order valence-corrected chi connectivity index (χ3v) is 4.18. The Labute approximate surface area is 152 Å². The van der Waals surface area contributed by atoms with E-state index < -0.39 is 0 Å². The quantitative estimate of drug-likeness (QED) is 0.752. The molecule has 0 bridgehead atoms. The van der Waals surface area contributed by atoms with E-state index in [4.69, 9.17) is 23.2 Å². The lowest BCUT2D eigenvalue weighted by molar-refractivity contribution is -0.111. The summed E-state index contributed by atoms with van der Waals surface area (Å²) in [4.78, 5) is 14.1. The summed E-state index contributed by atoms with van der Waals surface area (Å²) in [5.74, 6) is -0.192. The highest BCUT2D eigenvalue weighted by molar-refractivity contribution is 6.42. The molecule has 0 heterocycles. The number of halogens is 2. The third-order valence-electron chi connectivity index (χ3n) is 3.44. The largest absolute Gasteiger partial charge is 0.323 e. The second-order valence-corrected chi connectivity index (χ2v) is 6.56. The fraction of sp³-hybridized carbons (Fsp3) is 0.211. The van der Waals surface area contributed by atoms with Gasteiger partial charge in [-0.15, -0.1) is 0 Å². The standard InChI is InChI=1S/C19H20Cl2N2O/c1-23(2)12-11-14-3-7-16(8-4-14)22-19(24)10-6-15-5-9-17(20)18(21)13-15/h3-10,13H,11-12H2,1-2H3,(H,22,24)/b10-6+. The summed E-state index contributed by atoms with van der Waals surface area (Å²) in [6.45, 7) is 0.998. The molecule has 3 nitrogen and oxygen atoms in total. The van der Waals surface area contributed by atoms with Gasteiger partial charge in [0.2, 0.25) is 5.91 Å². The SMILES string of the molecule is CN(C)CCc1ccc(NC(=O)/C=C/c2ccc(Cl)c(Cl)c2)cc1. The van der Waals surface area contributed by atoms with Crippen molar-refractivity contribution in [2.24, 2.45) is 0 Å². The van der Waals surface area contributed by atoms with Crippen molar-refractivity contribution in [3.63, 3.8) is 0 Å². The molecule has 1 amide bonds. The molecule has 0 fully saturated rings. The van der Waals surface area contributed by atoms with Crippen LogP contribution in [0.3, 0.4) is 0 Å². The number of carbonyl (C=O) groups is 1. The van der Waals surface area contributed by atoms with Gasteiger partial charge in [-0.1, -0.05) is 41.4 Å². The third kappa shape index (κ3) is 6.00. The minimum Gasteiger partial charge on any atom is -0.323 e. The van der Waals surface area contributed by atoms with Crippen LogP contribution < -0.4 is 5.32 Å². The van der Waals surface area contributed by atoms with E-state index in [1.165, 1.54) is 11.6 Å². The van der Waals surface area contributed by atoms with Gasteiger partial charge in [0.1, 0.15) is 0 Å². The van der Waals surface area contributed by atoms with Gasteiger partial charge < -0.3 is 10.2 Å². The van der Waals surface area contributed by atoms with Gasteiger partial charge in [-0.25, -0.2) is 0 Å². The van der Waals surface area contributed by atoms with Gasteiger partial charge in [-0.05, 0) is 62.0 Å². The number of anilines is 1. The fourth-order valence-corrected chi connectivity index (χ4v) is 2.39. The number of hydrogen-bond donors (Lipinski definition) is 1.